The summed E-state index contributed by atoms with van der Waals surface area (Å²) in [5, 5.41) is 10.2. The van der Waals surface area contributed by atoms with Crippen molar-refractivity contribution in [3.63, 3.8) is 0 Å². The van der Waals surface area contributed by atoms with E-state index >= 15 is 0 Å². The topological polar surface area (TPSA) is 68.0 Å². The van der Waals surface area contributed by atoms with E-state index < -0.39 is 0 Å². The number of benzene rings is 8. The van der Waals surface area contributed by atoms with Crippen molar-refractivity contribution in [1.29, 1.82) is 0 Å². The van der Waals surface area contributed by atoms with Crippen molar-refractivity contribution in [2.45, 2.75) is 6.17 Å². The van der Waals surface area contributed by atoms with Crippen LogP contribution in [0.2, 0.25) is 0 Å². The maximum Gasteiger partial charge on any atom is 0.159 e. The highest BCUT2D eigenvalue weighted by Crippen LogP contribution is 2.43. The molecule has 0 saturated carbocycles. The molecule has 6 nitrogen and oxygen atoms in total. The number of hydrogen-bond donors (Lipinski definition) is 1. The van der Waals surface area contributed by atoms with Crippen molar-refractivity contribution in [1.82, 2.24) is 9.88 Å². The molecule has 0 aliphatic carbocycles. The lowest BCUT2D eigenvalue weighted by Gasteiger charge is -2.23. The van der Waals surface area contributed by atoms with Crippen molar-refractivity contribution < 1.29 is 8.83 Å². The zero-order valence-electron chi connectivity index (χ0n) is 30.6. The first-order chi connectivity index (χ1) is 28.3. The first-order valence-electron chi connectivity index (χ1n) is 19.2. The largest absolute Gasteiger partial charge is 0.455 e. The molecule has 0 saturated heterocycles. The van der Waals surface area contributed by atoms with Gasteiger partial charge in [0.2, 0.25) is 0 Å². The van der Waals surface area contributed by atoms with Crippen molar-refractivity contribution in [3.05, 3.63) is 199 Å². The fraction of sp³-hybridized carbons (Fsp3) is 0.0196. The number of para-hydroxylation sites is 5. The first kappa shape index (κ1) is 31.6. The Kier molecular flexibility index (Phi) is 6.89. The van der Waals surface area contributed by atoms with Gasteiger partial charge in [-0.2, -0.15) is 0 Å². The molecule has 0 spiro atoms. The quantitative estimate of drug-likeness (QED) is 0.192. The summed E-state index contributed by atoms with van der Waals surface area (Å²) in [6, 6.07) is 63.1. The van der Waals surface area contributed by atoms with Gasteiger partial charge in [0.05, 0.1) is 16.7 Å². The molecule has 0 bridgehead atoms. The number of nitrogens with zero attached hydrogens (tertiary/aromatic N) is 3. The van der Waals surface area contributed by atoms with Gasteiger partial charge in [-0.05, 0) is 35.9 Å². The molecule has 3 aromatic heterocycles. The van der Waals surface area contributed by atoms with Crippen LogP contribution in [0.4, 0.5) is 0 Å². The molecule has 57 heavy (non-hydrogen) atoms. The Bertz CT molecular complexity index is 3390. The summed E-state index contributed by atoms with van der Waals surface area (Å²) in [5.74, 6) is 1.43. The number of aliphatic imine (C=N–C) groups is 2. The van der Waals surface area contributed by atoms with Crippen LogP contribution in [-0.4, -0.2) is 16.2 Å². The van der Waals surface area contributed by atoms with Gasteiger partial charge < -0.3 is 18.7 Å². The predicted molar refractivity (Wildman–Crippen MR) is 233 cm³/mol. The predicted octanol–water partition coefficient (Wildman–Crippen LogP) is 12.7. The van der Waals surface area contributed by atoms with Crippen LogP contribution < -0.4 is 5.32 Å². The monoisotopic (exact) mass is 732 g/mol. The number of furan rings is 2. The van der Waals surface area contributed by atoms with Gasteiger partial charge in [0, 0.05) is 54.6 Å². The van der Waals surface area contributed by atoms with Gasteiger partial charge in [-0.1, -0.05) is 152 Å². The molecule has 11 aromatic rings. The second kappa shape index (κ2) is 12.4. The highest BCUT2D eigenvalue weighted by atomic mass is 16.3. The van der Waals surface area contributed by atoms with Crippen LogP contribution in [0.3, 0.4) is 0 Å². The maximum atomic E-state index is 7.01. The van der Waals surface area contributed by atoms with E-state index in [-0.39, 0.29) is 6.17 Å². The molecular weight excluding hydrogens is 701 g/mol. The lowest BCUT2D eigenvalue weighted by molar-refractivity contribution is 0.663. The summed E-state index contributed by atoms with van der Waals surface area (Å²) in [5.41, 5.74) is 11.5. The first-order valence-corrected chi connectivity index (χ1v) is 19.2. The molecule has 268 valence electrons. The minimum absolute atomic E-state index is 0.286. The number of rotatable bonds is 5. The van der Waals surface area contributed by atoms with E-state index in [1.165, 1.54) is 10.8 Å². The van der Waals surface area contributed by atoms with Gasteiger partial charge in [-0.25, -0.2) is 9.98 Å². The van der Waals surface area contributed by atoms with E-state index in [0.717, 1.165) is 94.3 Å². The average molecular weight is 733 g/mol. The van der Waals surface area contributed by atoms with Crippen LogP contribution in [0.15, 0.2) is 201 Å². The van der Waals surface area contributed by atoms with E-state index in [0.29, 0.717) is 5.84 Å². The molecule has 1 atom stereocenters. The molecule has 0 fully saturated rings. The summed E-state index contributed by atoms with van der Waals surface area (Å²) >= 11 is 0. The van der Waals surface area contributed by atoms with Crippen molar-refractivity contribution >= 4 is 77.4 Å². The van der Waals surface area contributed by atoms with Crippen LogP contribution in [0.25, 0.3) is 82.5 Å². The van der Waals surface area contributed by atoms with Crippen LogP contribution in [-0.2, 0) is 0 Å². The van der Waals surface area contributed by atoms with E-state index in [9.17, 15) is 0 Å². The van der Waals surface area contributed by atoms with Crippen LogP contribution in [0.1, 0.15) is 22.9 Å². The number of nitrogens with one attached hydrogen (secondary N) is 1. The third kappa shape index (κ3) is 4.90. The Morgan fingerprint density at radius 1 is 0.456 bits per heavy atom. The standard InChI is InChI=1S/C51H32N4O2/c1-3-14-31(15-4-1)49-52-50(32-16-5-2-6-17-32)54-51(53-49)33-28-29-36-37-20-11-21-38(46(37)56-45(36)30-33)39-22-12-23-40-41-24-13-27-44(48(41)57-47(39)40)55-42-25-9-7-18-34(42)35-19-8-10-26-43(35)55/h1-30,49H,(H,52,53,54). The molecule has 6 heteroatoms. The maximum absolute atomic E-state index is 7.01. The smallest absolute Gasteiger partial charge is 0.159 e. The zero-order chi connectivity index (χ0) is 37.5. The molecule has 12 rings (SSSR count). The normalized spacial score (nSPS) is 14.5. The number of aromatic nitrogens is 1. The Labute approximate surface area is 326 Å². The summed E-state index contributed by atoms with van der Waals surface area (Å²) in [6.45, 7) is 0. The van der Waals surface area contributed by atoms with Crippen molar-refractivity contribution in [3.8, 4) is 16.8 Å². The Morgan fingerprint density at radius 2 is 1.04 bits per heavy atom. The van der Waals surface area contributed by atoms with Crippen molar-refractivity contribution in [2.24, 2.45) is 9.98 Å². The lowest BCUT2D eigenvalue weighted by Crippen LogP contribution is -2.33. The fourth-order valence-corrected chi connectivity index (χ4v) is 8.65. The van der Waals surface area contributed by atoms with E-state index in [2.05, 4.69) is 155 Å². The molecule has 8 aromatic carbocycles. The minimum Gasteiger partial charge on any atom is -0.455 e. The summed E-state index contributed by atoms with van der Waals surface area (Å²) in [7, 11) is 0. The van der Waals surface area contributed by atoms with Crippen molar-refractivity contribution in [2.75, 3.05) is 0 Å². The fourth-order valence-electron chi connectivity index (χ4n) is 8.65. The third-order valence-electron chi connectivity index (χ3n) is 11.3. The molecular formula is C51H32N4O2. The molecule has 0 radical (unpaired) electrons. The second-order valence-electron chi connectivity index (χ2n) is 14.5. The summed E-state index contributed by atoms with van der Waals surface area (Å²) in [6.07, 6.45) is -0.286. The molecule has 4 heterocycles. The molecule has 1 N–H and O–H groups in total. The molecule has 1 aliphatic heterocycles. The molecule has 1 unspecified atom stereocenters. The van der Waals surface area contributed by atoms with Crippen LogP contribution >= 0.6 is 0 Å². The van der Waals surface area contributed by atoms with Crippen LogP contribution in [0.5, 0.6) is 0 Å². The Balaban J connectivity index is 1.01. The van der Waals surface area contributed by atoms with E-state index in [1.54, 1.807) is 0 Å². The van der Waals surface area contributed by atoms with Gasteiger partial charge in [-0.15, -0.1) is 0 Å². The zero-order valence-corrected chi connectivity index (χ0v) is 30.6. The summed E-state index contributed by atoms with van der Waals surface area (Å²) in [4.78, 5) is 10.1. The third-order valence-corrected chi connectivity index (χ3v) is 11.3. The molecule has 1 aliphatic rings. The Morgan fingerprint density at radius 3 is 1.75 bits per heavy atom. The highest BCUT2D eigenvalue weighted by Gasteiger charge is 2.24. The van der Waals surface area contributed by atoms with Gasteiger partial charge in [0.25, 0.3) is 0 Å². The highest BCUT2D eigenvalue weighted by molar-refractivity contribution is 6.18. The molecule has 0 amide bonds. The number of hydrogen-bond acceptors (Lipinski definition) is 5. The SMILES string of the molecule is c1ccc(C2=NC(c3ccc4c(c3)oc3c(-c5cccc6c5oc5c(-n7c8ccccc8c8ccccc87)cccc56)cccc34)=NC(c3ccccc3)N2)cc1. The van der Waals surface area contributed by atoms with E-state index in [1.807, 2.05) is 36.4 Å². The Hall–Kier alpha value is -7.70. The van der Waals surface area contributed by atoms with Crippen LogP contribution in [0, 0.1) is 0 Å². The average Bonchev–Trinajstić information content (AvgIpc) is 3.96. The van der Waals surface area contributed by atoms with Gasteiger partial charge in [-0.3, -0.25) is 0 Å². The lowest BCUT2D eigenvalue weighted by atomic mass is 9.99. The summed E-state index contributed by atoms with van der Waals surface area (Å²) < 4.78 is 16.2. The second-order valence-corrected chi connectivity index (χ2v) is 14.5. The number of amidine groups is 2. The number of fused-ring (bicyclic) bond motifs is 9. The van der Waals surface area contributed by atoms with Gasteiger partial charge in [0.1, 0.15) is 28.8 Å². The minimum atomic E-state index is -0.286. The van der Waals surface area contributed by atoms with Gasteiger partial charge in [0.15, 0.2) is 11.4 Å². The van der Waals surface area contributed by atoms with Gasteiger partial charge >= 0.3 is 0 Å². The van der Waals surface area contributed by atoms with E-state index in [4.69, 9.17) is 18.8 Å².